The lowest BCUT2D eigenvalue weighted by Gasteiger charge is -1.94. The maximum absolute atomic E-state index is 10.7. The predicted molar refractivity (Wildman–Crippen MR) is 56.1 cm³/mol. The van der Waals surface area contributed by atoms with E-state index in [-0.39, 0.29) is 5.56 Å². The van der Waals surface area contributed by atoms with Crippen LogP contribution in [0.1, 0.15) is 10.4 Å². The highest BCUT2D eigenvalue weighted by Crippen LogP contribution is 2.27. The fourth-order valence-corrected chi connectivity index (χ4v) is 2.11. The van der Waals surface area contributed by atoms with Crippen molar-refractivity contribution in [3.63, 3.8) is 0 Å². The van der Waals surface area contributed by atoms with Gasteiger partial charge in [-0.25, -0.2) is 4.79 Å². The van der Waals surface area contributed by atoms with Crippen molar-refractivity contribution in [3.05, 3.63) is 23.8 Å². The van der Waals surface area contributed by atoms with Gasteiger partial charge in [0.25, 0.3) is 0 Å². The molecule has 14 heavy (non-hydrogen) atoms. The quantitative estimate of drug-likeness (QED) is 0.776. The van der Waals surface area contributed by atoms with E-state index in [4.69, 9.17) is 16.9 Å². The SMILES string of the molecule is O=C(O)c1ccc2c(NCl)nsc2c1. The monoisotopic (exact) mass is 228 g/mol. The Kier molecular flexibility index (Phi) is 2.26. The van der Waals surface area contributed by atoms with Crippen LogP contribution in [0.4, 0.5) is 5.82 Å². The van der Waals surface area contributed by atoms with E-state index in [1.54, 1.807) is 12.1 Å². The molecule has 0 spiro atoms. The van der Waals surface area contributed by atoms with Gasteiger partial charge in [0.15, 0.2) is 5.82 Å². The molecule has 2 N–H and O–H groups in total. The van der Waals surface area contributed by atoms with Crippen molar-refractivity contribution >= 4 is 45.2 Å². The molecule has 0 aliphatic rings. The molecule has 0 fully saturated rings. The first kappa shape index (κ1) is 9.23. The zero-order chi connectivity index (χ0) is 10.1. The number of carboxylic acids is 1. The van der Waals surface area contributed by atoms with E-state index >= 15 is 0 Å². The minimum absolute atomic E-state index is 0.252. The Bertz CT molecular complexity index is 497. The van der Waals surface area contributed by atoms with Crippen molar-refractivity contribution in [1.29, 1.82) is 0 Å². The summed E-state index contributed by atoms with van der Waals surface area (Å²) < 4.78 is 4.82. The van der Waals surface area contributed by atoms with Crippen LogP contribution in [0, 0.1) is 0 Å². The maximum Gasteiger partial charge on any atom is 0.335 e. The molecule has 2 aromatic rings. The summed E-state index contributed by atoms with van der Waals surface area (Å²) in [4.78, 5) is 13.1. The Labute approximate surface area is 88.4 Å². The third kappa shape index (κ3) is 1.40. The summed E-state index contributed by atoms with van der Waals surface area (Å²) in [7, 11) is 0. The molecule has 0 bridgehead atoms. The minimum atomic E-state index is -0.944. The van der Waals surface area contributed by atoms with Gasteiger partial charge in [0.2, 0.25) is 0 Å². The molecule has 1 heterocycles. The van der Waals surface area contributed by atoms with Crippen LogP contribution in [0.15, 0.2) is 18.2 Å². The number of benzene rings is 1. The molecule has 0 amide bonds. The minimum Gasteiger partial charge on any atom is -0.478 e. The summed E-state index contributed by atoms with van der Waals surface area (Å²) >= 11 is 6.64. The zero-order valence-electron chi connectivity index (χ0n) is 6.82. The van der Waals surface area contributed by atoms with Crippen molar-refractivity contribution in [2.24, 2.45) is 0 Å². The number of nitrogens with zero attached hydrogens (tertiary/aromatic N) is 1. The summed E-state index contributed by atoms with van der Waals surface area (Å²) in [5.41, 5.74) is 0.252. The molecular formula is C8H5ClN2O2S. The Balaban J connectivity index is 2.63. The van der Waals surface area contributed by atoms with E-state index < -0.39 is 5.97 Å². The molecule has 0 saturated carbocycles. The Hall–Kier alpha value is -1.33. The molecule has 2 rings (SSSR count). The molecule has 6 heteroatoms. The molecule has 1 aromatic heterocycles. The van der Waals surface area contributed by atoms with E-state index in [1.807, 2.05) is 0 Å². The lowest BCUT2D eigenvalue weighted by Crippen LogP contribution is -1.94. The first-order valence-electron chi connectivity index (χ1n) is 3.72. The Morgan fingerprint density at radius 1 is 1.57 bits per heavy atom. The first-order chi connectivity index (χ1) is 6.72. The van der Waals surface area contributed by atoms with Gasteiger partial charge >= 0.3 is 5.97 Å². The molecule has 0 unspecified atom stereocenters. The van der Waals surface area contributed by atoms with Gasteiger partial charge in [-0.3, -0.25) is 4.84 Å². The molecule has 0 atom stereocenters. The van der Waals surface area contributed by atoms with E-state index in [9.17, 15) is 4.79 Å². The van der Waals surface area contributed by atoms with Crippen LogP contribution in [-0.4, -0.2) is 15.4 Å². The van der Waals surface area contributed by atoms with Gasteiger partial charge in [-0.15, -0.1) is 0 Å². The second kappa shape index (κ2) is 3.43. The smallest absolute Gasteiger partial charge is 0.335 e. The predicted octanol–water partition coefficient (Wildman–Crippen LogP) is 2.56. The van der Waals surface area contributed by atoms with Crippen LogP contribution in [0.25, 0.3) is 10.1 Å². The number of nitrogens with one attached hydrogen (secondary N) is 1. The number of hydrogen-bond acceptors (Lipinski definition) is 4. The number of carbonyl (C=O) groups is 1. The van der Waals surface area contributed by atoms with Gasteiger partial charge < -0.3 is 5.11 Å². The van der Waals surface area contributed by atoms with Gasteiger partial charge in [0.05, 0.1) is 10.3 Å². The summed E-state index contributed by atoms with van der Waals surface area (Å²) in [6.07, 6.45) is 0. The third-order valence-corrected chi connectivity index (χ3v) is 2.80. The highest BCUT2D eigenvalue weighted by Gasteiger charge is 2.08. The van der Waals surface area contributed by atoms with Crippen molar-refractivity contribution in [3.8, 4) is 0 Å². The average molecular weight is 229 g/mol. The number of carboxylic acid groups (broad SMARTS) is 1. The van der Waals surface area contributed by atoms with E-state index in [2.05, 4.69) is 9.21 Å². The highest BCUT2D eigenvalue weighted by atomic mass is 35.5. The standard InChI is InChI=1S/C8H5ClN2O2S/c9-10-7-5-2-1-4(8(12)13)3-6(5)14-11-7/h1-3H,(H,10,11)(H,12,13). The van der Waals surface area contributed by atoms with Crippen LogP contribution >= 0.6 is 23.3 Å². The fourth-order valence-electron chi connectivity index (χ4n) is 1.14. The zero-order valence-corrected chi connectivity index (χ0v) is 8.39. The Morgan fingerprint density at radius 2 is 2.36 bits per heavy atom. The van der Waals surface area contributed by atoms with E-state index in [1.165, 1.54) is 17.6 Å². The lowest BCUT2D eigenvalue weighted by molar-refractivity contribution is 0.0697. The van der Waals surface area contributed by atoms with Gasteiger partial charge in [-0.1, -0.05) is 0 Å². The van der Waals surface area contributed by atoms with Crippen LogP contribution in [0.5, 0.6) is 0 Å². The van der Waals surface area contributed by atoms with Crippen LogP contribution in [-0.2, 0) is 0 Å². The molecule has 0 aliphatic carbocycles. The number of anilines is 1. The number of fused-ring (bicyclic) bond motifs is 1. The van der Waals surface area contributed by atoms with E-state index in [0.29, 0.717) is 5.82 Å². The number of rotatable bonds is 2. The van der Waals surface area contributed by atoms with Crippen LogP contribution in [0.3, 0.4) is 0 Å². The molecule has 0 saturated heterocycles. The Morgan fingerprint density at radius 3 is 3.00 bits per heavy atom. The summed E-state index contributed by atoms with van der Waals surface area (Å²) in [6.45, 7) is 0. The fraction of sp³-hybridized carbons (Fsp3) is 0. The van der Waals surface area contributed by atoms with Crippen LogP contribution in [0.2, 0.25) is 0 Å². The largest absolute Gasteiger partial charge is 0.478 e. The van der Waals surface area contributed by atoms with Crippen LogP contribution < -0.4 is 4.84 Å². The second-order valence-electron chi connectivity index (χ2n) is 2.64. The normalized spacial score (nSPS) is 10.4. The molecular weight excluding hydrogens is 224 g/mol. The molecule has 0 aliphatic heterocycles. The number of halogens is 1. The molecule has 72 valence electrons. The maximum atomic E-state index is 10.7. The van der Waals surface area contributed by atoms with Crippen molar-refractivity contribution in [2.45, 2.75) is 0 Å². The molecule has 1 aromatic carbocycles. The highest BCUT2D eigenvalue weighted by molar-refractivity contribution is 7.13. The summed E-state index contributed by atoms with van der Waals surface area (Å²) in [6, 6.07) is 4.79. The van der Waals surface area contributed by atoms with Gasteiger partial charge in [-0.05, 0) is 29.7 Å². The summed E-state index contributed by atoms with van der Waals surface area (Å²) in [5, 5.41) is 9.58. The van der Waals surface area contributed by atoms with Gasteiger partial charge in [0.1, 0.15) is 0 Å². The molecule has 4 nitrogen and oxygen atoms in total. The molecule has 0 radical (unpaired) electrons. The number of aromatic carboxylic acids is 1. The van der Waals surface area contributed by atoms with E-state index in [0.717, 1.165) is 10.1 Å². The van der Waals surface area contributed by atoms with Crippen molar-refractivity contribution in [2.75, 3.05) is 4.84 Å². The third-order valence-electron chi connectivity index (χ3n) is 1.81. The van der Waals surface area contributed by atoms with Gasteiger partial charge in [-0.2, -0.15) is 4.37 Å². The number of hydrogen-bond donors (Lipinski definition) is 2. The van der Waals surface area contributed by atoms with Gasteiger partial charge in [0, 0.05) is 17.2 Å². The van der Waals surface area contributed by atoms with Crippen molar-refractivity contribution in [1.82, 2.24) is 4.37 Å². The van der Waals surface area contributed by atoms with Crippen molar-refractivity contribution < 1.29 is 9.90 Å². The lowest BCUT2D eigenvalue weighted by atomic mass is 10.2. The number of aromatic nitrogens is 1. The summed E-state index contributed by atoms with van der Waals surface area (Å²) in [5.74, 6) is -0.385. The first-order valence-corrected chi connectivity index (χ1v) is 4.87. The topological polar surface area (TPSA) is 62.2 Å². The average Bonchev–Trinajstić information content (AvgIpc) is 2.59. The second-order valence-corrected chi connectivity index (χ2v) is 3.64.